The van der Waals surface area contributed by atoms with E-state index in [9.17, 15) is 35.7 Å². The van der Waals surface area contributed by atoms with Gasteiger partial charge in [0, 0.05) is 26.6 Å². The normalized spacial score (nSPS) is 52.1. The van der Waals surface area contributed by atoms with E-state index < -0.39 is 73.1 Å². The smallest absolute Gasteiger partial charge is 0.186 e. The molecule has 4 saturated carbocycles. The first-order valence-electron chi connectivity index (χ1n) is 19.9. The Kier molecular flexibility index (Phi) is 12.5. The highest BCUT2D eigenvalue weighted by atomic mass is 16.8. The minimum absolute atomic E-state index is 0.00343. The Bertz CT molecular complexity index is 1190. The first kappa shape index (κ1) is 41.1. The fourth-order valence-corrected chi connectivity index (χ4v) is 12.3. The quantitative estimate of drug-likeness (QED) is 0.162. The van der Waals surface area contributed by atoms with Crippen molar-refractivity contribution in [3.05, 3.63) is 0 Å². The predicted molar refractivity (Wildman–Crippen MR) is 188 cm³/mol. The minimum atomic E-state index is -1.41. The van der Waals surface area contributed by atoms with Gasteiger partial charge in [0.25, 0.3) is 0 Å². The van der Waals surface area contributed by atoms with Crippen molar-refractivity contribution < 1.29 is 64.2 Å². The standard InChI is InChI=1S/C39H68O13/c1-19(2)27(51-36-33(32(48-7)26(43)17-49-36)52-35-31(45)30(44)28(47-6)18-50-35)9-8-20(3)22-15-24(41)34-38(22,5)13-11-29-37(4)12-10-21(40)14-23(37)25(42)16-39(29,34)46/h19-36,40-46H,8-18H2,1-7H3/t20-,21+,22-,23-,24+,25+,26-,27+,28-,29-,30+,31-,32+,33-,34-,35+,36+,37+,38-,39+/m1/s1. The zero-order chi connectivity index (χ0) is 37.9. The highest BCUT2D eigenvalue weighted by molar-refractivity contribution is 5.20. The molecule has 20 atom stereocenters. The molecule has 52 heavy (non-hydrogen) atoms. The van der Waals surface area contributed by atoms with Gasteiger partial charge in [-0.15, -0.1) is 0 Å². The Labute approximate surface area is 309 Å². The summed E-state index contributed by atoms with van der Waals surface area (Å²) < 4.78 is 35.3. The molecule has 2 saturated heterocycles. The second-order valence-corrected chi connectivity index (χ2v) is 18.3. The molecule has 2 heterocycles. The van der Waals surface area contributed by atoms with Gasteiger partial charge >= 0.3 is 0 Å². The van der Waals surface area contributed by atoms with Crippen molar-refractivity contribution in [2.24, 2.45) is 46.3 Å². The van der Waals surface area contributed by atoms with Gasteiger partial charge in [-0.25, -0.2) is 0 Å². The monoisotopic (exact) mass is 744 g/mol. The molecule has 13 nitrogen and oxygen atoms in total. The van der Waals surface area contributed by atoms with Crippen molar-refractivity contribution in [3.8, 4) is 0 Å². The summed E-state index contributed by atoms with van der Waals surface area (Å²) >= 11 is 0. The molecule has 0 aromatic carbocycles. The van der Waals surface area contributed by atoms with Crippen LogP contribution in [0, 0.1) is 46.3 Å². The van der Waals surface area contributed by atoms with Crippen molar-refractivity contribution >= 4 is 0 Å². The summed E-state index contributed by atoms with van der Waals surface area (Å²) in [4.78, 5) is 0. The van der Waals surface area contributed by atoms with Gasteiger partial charge in [0.05, 0.1) is 43.2 Å². The number of rotatable bonds is 11. The Hall–Kier alpha value is -0.520. The topological polar surface area (TPSA) is 197 Å². The van der Waals surface area contributed by atoms with Crippen molar-refractivity contribution in [1.82, 2.24) is 0 Å². The number of aliphatic hydroxyl groups is 7. The van der Waals surface area contributed by atoms with Crippen LogP contribution >= 0.6 is 0 Å². The average molecular weight is 745 g/mol. The fraction of sp³-hybridized carbons (Fsp3) is 1.00. The van der Waals surface area contributed by atoms with E-state index >= 15 is 0 Å². The molecule has 0 aromatic rings. The lowest BCUT2D eigenvalue weighted by molar-refractivity contribution is -0.352. The van der Waals surface area contributed by atoms with Crippen molar-refractivity contribution in [1.29, 1.82) is 0 Å². The van der Waals surface area contributed by atoms with Gasteiger partial charge in [-0.2, -0.15) is 0 Å². The Morgan fingerprint density at radius 3 is 2.12 bits per heavy atom. The second kappa shape index (κ2) is 15.8. The number of hydrogen-bond acceptors (Lipinski definition) is 13. The summed E-state index contributed by atoms with van der Waals surface area (Å²) in [5, 5.41) is 78.4. The van der Waals surface area contributed by atoms with Crippen LogP contribution in [0.5, 0.6) is 0 Å². The molecule has 302 valence electrons. The van der Waals surface area contributed by atoms with Crippen LogP contribution in [0.1, 0.15) is 92.4 Å². The molecule has 0 bridgehead atoms. The summed E-state index contributed by atoms with van der Waals surface area (Å²) in [6.07, 6.45) is -4.39. The largest absolute Gasteiger partial charge is 0.393 e. The molecule has 0 radical (unpaired) electrons. The van der Waals surface area contributed by atoms with Gasteiger partial charge in [0.15, 0.2) is 12.6 Å². The lowest BCUT2D eigenvalue weighted by atomic mass is 9.42. The molecule has 7 N–H and O–H groups in total. The minimum Gasteiger partial charge on any atom is -0.393 e. The van der Waals surface area contributed by atoms with Gasteiger partial charge in [-0.3, -0.25) is 0 Å². The Morgan fingerprint density at radius 1 is 0.750 bits per heavy atom. The highest BCUT2D eigenvalue weighted by Gasteiger charge is 2.70. The van der Waals surface area contributed by atoms with E-state index in [-0.39, 0.29) is 72.1 Å². The van der Waals surface area contributed by atoms with E-state index in [0.29, 0.717) is 25.7 Å². The van der Waals surface area contributed by atoms with E-state index in [1.807, 2.05) is 0 Å². The third-order valence-electron chi connectivity index (χ3n) is 15.1. The second-order valence-electron chi connectivity index (χ2n) is 18.3. The summed E-state index contributed by atoms with van der Waals surface area (Å²) in [7, 11) is 2.89. The van der Waals surface area contributed by atoms with Crippen LogP contribution in [0.4, 0.5) is 0 Å². The number of methoxy groups -OCH3 is 2. The van der Waals surface area contributed by atoms with Gasteiger partial charge in [0.2, 0.25) is 0 Å². The first-order valence-corrected chi connectivity index (χ1v) is 19.9. The zero-order valence-electron chi connectivity index (χ0n) is 32.3. The van der Waals surface area contributed by atoms with Crippen LogP contribution in [0.3, 0.4) is 0 Å². The molecular weight excluding hydrogens is 676 g/mol. The molecule has 6 fully saturated rings. The number of ether oxygens (including phenoxy) is 6. The molecule has 6 rings (SSSR count). The maximum Gasteiger partial charge on any atom is 0.186 e. The van der Waals surface area contributed by atoms with Crippen LogP contribution in [0.25, 0.3) is 0 Å². The predicted octanol–water partition coefficient (Wildman–Crippen LogP) is 1.73. The van der Waals surface area contributed by atoms with Crippen LogP contribution in [0.15, 0.2) is 0 Å². The summed E-state index contributed by atoms with van der Waals surface area (Å²) in [6, 6.07) is 0. The van der Waals surface area contributed by atoms with Crippen LogP contribution in [0.2, 0.25) is 0 Å². The Morgan fingerprint density at radius 2 is 1.44 bits per heavy atom. The van der Waals surface area contributed by atoms with E-state index in [0.717, 1.165) is 25.7 Å². The third-order valence-corrected chi connectivity index (χ3v) is 15.1. The van der Waals surface area contributed by atoms with E-state index in [2.05, 4.69) is 34.6 Å². The van der Waals surface area contributed by atoms with Gasteiger partial charge in [-0.05, 0) is 91.8 Å². The number of aliphatic hydroxyl groups excluding tert-OH is 6. The number of fused-ring (bicyclic) bond motifs is 5. The maximum atomic E-state index is 12.7. The molecule has 4 aliphatic carbocycles. The molecule has 0 unspecified atom stereocenters. The summed E-state index contributed by atoms with van der Waals surface area (Å²) in [5.74, 6) is 0.0105. The maximum absolute atomic E-state index is 12.7. The van der Waals surface area contributed by atoms with E-state index in [1.54, 1.807) is 0 Å². The van der Waals surface area contributed by atoms with Gasteiger partial charge < -0.3 is 64.2 Å². The molecule has 0 spiro atoms. The number of hydrogen-bond donors (Lipinski definition) is 7. The zero-order valence-corrected chi connectivity index (χ0v) is 32.3. The van der Waals surface area contributed by atoms with Crippen molar-refractivity contribution in [2.75, 3.05) is 27.4 Å². The molecular formula is C39H68O13. The SMILES string of the molecule is CO[C@@H]1[C@@H](O[C@@H]2OC[C@@H](OC)[C@H](O)[C@H]2O)[C@H](O[C@@H](CC[C@@H](C)[C@H]2C[C@H](O)[C@@H]3[C@]2(C)CC[C@@H]2[C@@]4(C)CC[C@H](O)C[C@@H]4[C@@H](O)C[C@]23O)C(C)C)OC[C@H]1O. The molecule has 6 aliphatic rings. The lowest BCUT2D eigenvalue weighted by Gasteiger charge is -2.66. The molecule has 2 aliphatic heterocycles. The van der Waals surface area contributed by atoms with Crippen molar-refractivity contribution in [3.63, 3.8) is 0 Å². The first-order chi connectivity index (χ1) is 24.5. The van der Waals surface area contributed by atoms with Crippen molar-refractivity contribution in [2.45, 2.75) is 172 Å². The van der Waals surface area contributed by atoms with E-state index in [4.69, 9.17) is 28.4 Å². The van der Waals surface area contributed by atoms with Gasteiger partial charge in [0.1, 0.15) is 36.6 Å². The fourth-order valence-electron chi connectivity index (χ4n) is 12.3. The van der Waals surface area contributed by atoms with E-state index in [1.165, 1.54) is 14.2 Å². The van der Waals surface area contributed by atoms with Crippen LogP contribution in [-0.4, -0.2) is 142 Å². The van der Waals surface area contributed by atoms with Crippen LogP contribution < -0.4 is 0 Å². The molecule has 0 amide bonds. The molecule has 0 aromatic heterocycles. The Balaban J connectivity index is 1.14. The highest BCUT2D eigenvalue weighted by Crippen LogP contribution is 2.69. The summed E-state index contributed by atoms with van der Waals surface area (Å²) in [5.41, 5.74) is -1.77. The average Bonchev–Trinajstić information content (AvgIpc) is 3.37. The molecule has 13 heteroatoms. The third kappa shape index (κ3) is 7.16. The lowest BCUT2D eigenvalue weighted by Crippen LogP contribution is -2.68. The van der Waals surface area contributed by atoms with Gasteiger partial charge in [-0.1, -0.05) is 34.6 Å². The summed E-state index contributed by atoms with van der Waals surface area (Å²) in [6.45, 7) is 10.8. The van der Waals surface area contributed by atoms with Crippen LogP contribution in [-0.2, 0) is 28.4 Å².